The van der Waals surface area contributed by atoms with Crippen molar-refractivity contribution in [2.75, 3.05) is 0 Å². The molecule has 108 valence electrons. The second-order valence-electron chi connectivity index (χ2n) is 7.27. The van der Waals surface area contributed by atoms with E-state index in [0.29, 0.717) is 0 Å². The summed E-state index contributed by atoms with van der Waals surface area (Å²) in [6.45, 7) is 6.60. The first-order valence-electron chi connectivity index (χ1n) is 7.87. The topological polar surface area (TPSA) is 26.1 Å². The van der Waals surface area contributed by atoms with Crippen molar-refractivity contribution < 1.29 is 4.74 Å². The van der Waals surface area contributed by atoms with Crippen molar-refractivity contribution >= 4 is 5.71 Å². The Labute approximate surface area is 122 Å². The summed E-state index contributed by atoms with van der Waals surface area (Å²) in [4.78, 5) is 0. The molecule has 2 aliphatic rings. The molecule has 0 amide bonds. The number of hydrogen-bond acceptors (Lipinski definition) is 1. The Morgan fingerprint density at radius 1 is 1.05 bits per heavy atom. The normalized spacial score (nSPS) is 24.4. The maximum atomic E-state index is 13.1. The van der Waals surface area contributed by atoms with Gasteiger partial charge >= 0.3 is 0 Å². The lowest BCUT2D eigenvalue weighted by molar-refractivity contribution is -0.558. The van der Waals surface area contributed by atoms with Gasteiger partial charge in [0.25, 0.3) is 0 Å². The number of benzene rings is 1. The average molecular weight is 271 g/mol. The van der Waals surface area contributed by atoms with Gasteiger partial charge in [0.05, 0.1) is 0 Å². The van der Waals surface area contributed by atoms with E-state index in [1.54, 1.807) is 0 Å². The molecule has 1 fully saturated rings. The van der Waals surface area contributed by atoms with Crippen LogP contribution in [0.2, 0.25) is 0 Å². The summed E-state index contributed by atoms with van der Waals surface area (Å²) >= 11 is 0. The van der Waals surface area contributed by atoms with Crippen LogP contribution < -0.4 is 0 Å². The minimum atomic E-state index is -0.176. The van der Waals surface area contributed by atoms with Crippen molar-refractivity contribution in [3.05, 3.63) is 40.6 Å². The van der Waals surface area contributed by atoms with Gasteiger partial charge < -0.3 is 5.21 Å². The number of fused-ring (bicyclic) bond motifs is 1. The molecule has 0 N–H and O–H groups in total. The molecule has 1 aliphatic carbocycles. The third-order valence-electron chi connectivity index (χ3n) is 5.34. The Morgan fingerprint density at radius 2 is 1.70 bits per heavy atom. The van der Waals surface area contributed by atoms with Crippen molar-refractivity contribution in [2.24, 2.45) is 0 Å². The van der Waals surface area contributed by atoms with E-state index in [1.807, 2.05) is 13.0 Å². The molecule has 1 spiro atoms. The van der Waals surface area contributed by atoms with Gasteiger partial charge in [0.2, 0.25) is 0 Å². The molecule has 0 radical (unpaired) electrons. The van der Waals surface area contributed by atoms with Gasteiger partial charge in [-0.05, 0) is 29.9 Å². The fourth-order valence-corrected chi connectivity index (χ4v) is 4.43. The van der Waals surface area contributed by atoms with E-state index in [2.05, 4.69) is 32.0 Å². The Morgan fingerprint density at radius 3 is 2.40 bits per heavy atom. The lowest BCUT2D eigenvalue weighted by Gasteiger charge is -2.39. The summed E-state index contributed by atoms with van der Waals surface area (Å²) < 4.78 is 1.37. The summed E-state index contributed by atoms with van der Waals surface area (Å²) in [5.41, 5.74) is 3.28. The minimum Gasteiger partial charge on any atom is -0.623 e. The lowest BCUT2D eigenvalue weighted by Crippen LogP contribution is -2.46. The first kappa shape index (κ1) is 13.7. The van der Waals surface area contributed by atoms with Crippen molar-refractivity contribution in [3.8, 4) is 0 Å². The smallest absolute Gasteiger partial charge is 0.192 e. The lowest BCUT2D eigenvalue weighted by atomic mass is 9.69. The van der Waals surface area contributed by atoms with Gasteiger partial charge in [0, 0.05) is 31.7 Å². The summed E-state index contributed by atoms with van der Waals surface area (Å²) in [7, 11) is 0. The third-order valence-corrected chi connectivity index (χ3v) is 5.34. The third kappa shape index (κ3) is 1.97. The molecule has 0 atom stereocenters. The van der Waals surface area contributed by atoms with E-state index in [1.165, 1.54) is 29.6 Å². The molecule has 20 heavy (non-hydrogen) atoms. The van der Waals surface area contributed by atoms with Gasteiger partial charge in [0.1, 0.15) is 0 Å². The standard InChI is InChI=1S/C18H25NO/c1-14-15-9-5-6-10-16(15)17(2,3)13-18(19(14)20)11-7-4-8-12-18/h5-6,9-10H,4,7-8,11-13H2,1-3H3. The second-order valence-corrected chi connectivity index (χ2v) is 7.27. The molecule has 0 bridgehead atoms. The molecule has 0 saturated heterocycles. The maximum absolute atomic E-state index is 13.1. The van der Waals surface area contributed by atoms with Crippen LogP contribution >= 0.6 is 0 Å². The van der Waals surface area contributed by atoms with Crippen LogP contribution in [0.3, 0.4) is 0 Å². The fraction of sp³-hybridized carbons (Fsp3) is 0.611. The highest BCUT2D eigenvalue weighted by Crippen LogP contribution is 2.45. The summed E-state index contributed by atoms with van der Waals surface area (Å²) in [6.07, 6.45) is 6.73. The number of nitrogens with zero attached hydrogens (tertiary/aromatic N) is 1. The first-order valence-corrected chi connectivity index (χ1v) is 7.87. The highest BCUT2D eigenvalue weighted by atomic mass is 16.5. The number of hydroxylamine groups is 1. The van der Waals surface area contributed by atoms with Crippen LogP contribution in [0, 0.1) is 5.21 Å². The largest absolute Gasteiger partial charge is 0.623 e. The van der Waals surface area contributed by atoms with Crippen LogP contribution in [0.15, 0.2) is 24.3 Å². The summed E-state index contributed by atoms with van der Waals surface area (Å²) in [5.74, 6) is 0. The SMILES string of the molecule is CC1=[N+]([O-])C2(CCCCC2)CC(C)(C)c2ccccc21. The summed E-state index contributed by atoms with van der Waals surface area (Å²) in [6, 6.07) is 8.46. The van der Waals surface area contributed by atoms with Crippen LogP contribution in [0.1, 0.15) is 70.4 Å². The van der Waals surface area contributed by atoms with Gasteiger partial charge in [-0.15, -0.1) is 0 Å². The van der Waals surface area contributed by atoms with Gasteiger partial charge in [-0.1, -0.05) is 38.5 Å². The van der Waals surface area contributed by atoms with Gasteiger partial charge in [-0.3, -0.25) is 0 Å². The van der Waals surface area contributed by atoms with Crippen LogP contribution in [0.25, 0.3) is 0 Å². The fourth-order valence-electron chi connectivity index (χ4n) is 4.43. The molecule has 0 aromatic heterocycles. The van der Waals surface area contributed by atoms with Crippen molar-refractivity contribution in [1.29, 1.82) is 0 Å². The highest BCUT2D eigenvalue weighted by molar-refractivity contribution is 5.97. The predicted octanol–water partition coefficient (Wildman–Crippen LogP) is 4.39. The molecule has 0 unspecified atom stereocenters. The average Bonchev–Trinajstić information content (AvgIpc) is 2.50. The zero-order valence-corrected chi connectivity index (χ0v) is 12.9. The van der Waals surface area contributed by atoms with E-state index in [9.17, 15) is 5.21 Å². The Hall–Kier alpha value is -1.31. The Kier molecular flexibility index (Phi) is 3.15. The monoisotopic (exact) mass is 271 g/mol. The number of rotatable bonds is 0. The van der Waals surface area contributed by atoms with Crippen molar-refractivity contribution in [1.82, 2.24) is 0 Å². The second kappa shape index (κ2) is 4.61. The van der Waals surface area contributed by atoms with E-state index >= 15 is 0 Å². The zero-order valence-electron chi connectivity index (χ0n) is 12.9. The van der Waals surface area contributed by atoms with Crippen LogP contribution in [0.4, 0.5) is 0 Å². The molecule has 1 aromatic carbocycles. The van der Waals surface area contributed by atoms with Gasteiger partial charge in [-0.25, -0.2) is 4.74 Å². The van der Waals surface area contributed by atoms with Gasteiger partial charge in [-0.2, -0.15) is 0 Å². The predicted molar refractivity (Wildman–Crippen MR) is 83.3 cm³/mol. The Bertz CT molecular complexity index is 550. The molecule has 1 heterocycles. The van der Waals surface area contributed by atoms with Gasteiger partial charge in [0.15, 0.2) is 11.3 Å². The van der Waals surface area contributed by atoms with Crippen molar-refractivity contribution in [3.63, 3.8) is 0 Å². The highest BCUT2D eigenvalue weighted by Gasteiger charge is 2.48. The molecular formula is C18H25NO. The van der Waals surface area contributed by atoms with Crippen LogP contribution in [-0.2, 0) is 5.41 Å². The van der Waals surface area contributed by atoms with Crippen molar-refractivity contribution in [2.45, 2.75) is 70.3 Å². The molecular weight excluding hydrogens is 246 g/mol. The quantitative estimate of drug-likeness (QED) is 0.507. The van der Waals surface area contributed by atoms with E-state index < -0.39 is 0 Å². The first-order chi connectivity index (χ1) is 9.46. The van der Waals surface area contributed by atoms with Crippen LogP contribution in [-0.4, -0.2) is 16.0 Å². The minimum absolute atomic E-state index is 0.0638. The molecule has 1 aliphatic heterocycles. The van der Waals surface area contributed by atoms with E-state index in [0.717, 1.165) is 30.5 Å². The van der Waals surface area contributed by atoms with E-state index in [4.69, 9.17) is 0 Å². The molecule has 1 aromatic rings. The van der Waals surface area contributed by atoms with E-state index in [-0.39, 0.29) is 11.0 Å². The molecule has 2 nitrogen and oxygen atoms in total. The zero-order chi connectivity index (χ0) is 14.4. The summed E-state index contributed by atoms with van der Waals surface area (Å²) in [5, 5.41) is 13.1. The Balaban J connectivity index is 2.19. The van der Waals surface area contributed by atoms with Crippen LogP contribution in [0.5, 0.6) is 0 Å². The molecule has 1 saturated carbocycles. The molecule has 2 heteroatoms. The number of hydrogen-bond donors (Lipinski definition) is 0. The maximum Gasteiger partial charge on any atom is 0.192 e. The molecule has 3 rings (SSSR count).